The standard InChI is InChI=1S/C24H19N3O3S2/c1-12-9-10-16-17(11-12)32-24(26-16)27-19(15-7-5-4-6-8-15)18(21(29)23(27)30)20(28)22-13(2)25-14(3)31-22/h4-11,19,29H,1-3H3. The summed E-state index contributed by atoms with van der Waals surface area (Å²) in [6.45, 7) is 5.58. The van der Waals surface area contributed by atoms with Crippen molar-refractivity contribution < 1.29 is 14.7 Å². The van der Waals surface area contributed by atoms with E-state index in [1.54, 1.807) is 6.92 Å². The Hall–Kier alpha value is -3.36. The molecular weight excluding hydrogens is 442 g/mol. The molecule has 1 amide bonds. The maximum absolute atomic E-state index is 13.6. The van der Waals surface area contributed by atoms with Crippen LogP contribution in [0.3, 0.4) is 0 Å². The molecule has 0 radical (unpaired) electrons. The molecule has 0 aliphatic carbocycles. The number of hydrogen-bond donors (Lipinski definition) is 1. The lowest BCUT2D eigenvalue weighted by molar-refractivity contribution is -0.117. The van der Waals surface area contributed by atoms with Gasteiger partial charge in [-0.25, -0.2) is 9.97 Å². The van der Waals surface area contributed by atoms with Gasteiger partial charge in [-0.05, 0) is 44.0 Å². The molecule has 4 aromatic rings. The third-order valence-corrected chi connectivity index (χ3v) is 7.51. The molecule has 2 aromatic heterocycles. The number of carbonyl (C=O) groups excluding carboxylic acids is 2. The zero-order valence-corrected chi connectivity index (χ0v) is 19.3. The van der Waals surface area contributed by atoms with Gasteiger partial charge in [0.05, 0.1) is 37.4 Å². The van der Waals surface area contributed by atoms with Crippen molar-refractivity contribution in [2.75, 3.05) is 4.90 Å². The molecule has 8 heteroatoms. The van der Waals surface area contributed by atoms with Crippen molar-refractivity contribution in [3.05, 3.63) is 86.6 Å². The molecule has 5 rings (SSSR count). The van der Waals surface area contributed by atoms with Crippen molar-refractivity contribution in [2.24, 2.45) is 0 Å². The highest BCUT2D eigenvalue weighted by molar-refractivity contribution is 7.22. The van der Waals surface area contributed by atoms with Gasteiger partial charge in [-0.15, -0.1) is 11.3 Å². The summed E-state index contributed by atoms with van der Waals surface area (Å²) in [6, 6.07) is 14.4. The highest BCUT2D eigenvalue weighted by Crippen LogP contribution is 2.44. The van der Waals surface area contributed by atoms with Gasteiger partial charge >= 0.3 is 0 Å². The molecule has 6 nitrogen and oxygen atoms in total. The van der Waals surface area contributed by atoms with Gasteiger partial charge in [-0.2, -0.15) is 0 Å². The monoisotopic (exact) mass is 461 g/mol. The molecule has 1 aliphatic heterocycles. The van der Waals surface area contributed by atoms with E-state index in [0.717, 1.165) is 26.4 Å². The third kappa shape index (κ3) is 3.23. The quantitative estimate of drug-likeness (QED) is 0.408. The number of hydrogen-bond acceptors (Lipinski definition) is 7. The van der Waals surface area contributed by atoms with E-state index in [1.165, 1.54) is 27.6 Å². The number of aryl methyl sites for hydroxylation is 3. The van der Waals surface area contributed by atoms with Gasteiger partial charge < -0.3 is 5.11 Å². The van der Waals surface area contributed by atoms with Crippen LogP contribution in [-0.2, 0) is 4.79 Å². The molecule has 1 aliphatic rings. The summed E-state index contributed by atoms with van der Waals surface area (Å²) in [5.41, 5.74) is 3.23. The largest absolute Gasteiger partial charge is 0.503 e. The summed E-state index contributed by atoms with van der Waals surface area (Å²) in [7, 11) is 0. The Morgan fingerprint density at radius 3 is 2.47 bits per heavy atom. The first-order valence-corrected chi connectivity index (χ1v) is 11.7. The Morgan fingerprint density at radius 2 is 1.78 bits per heavy atom. The molecule has 160 valence electrons. The second kappa shape index (κ2) is 7.65. The Kier molecular flexibility index (Phi) is 4.91. The lowest BCUT2D eigenvalue weighted by Gasteiger charge is -2.24. The topological polar surface area (TPSA) is 83.4 Å². The highest BCUT2D eigenvalue weighted by atomic mass is 32.1. The zero-order chi connectivity index (χ0) is 22.6. The van der Waals surface area contributed by atoms with Crippen LogP contribution in [0.2, 0.25) is 0 Å². The smallest absolute Gasteiger partial charge is 0.296 e. The summed E-state index contributed by atoms with van der Waals surface area (Å²) < 4.78 is 0.938. The SMILES string of the molecule is Cc1ccc2nc(N3C(=O)C(O)=C(C(=O)c4sc(C)nc4C)C3c3ccccc3)sc2c1. The predicted octanol–water partition coefficient (Wildman–Crippen LogP) is 5.46. The average Bonchev–Trinajstić information content (AvgIpc) is 3.41. The second-order valence-electron chi connectivity index (χ2n) is 7.69. The van der Waals surface area contributed by atoms with Gasteiger partial charge in [0.1, 0.15) is 0 Å². The Labute approximate surface area is 192 Å². The number of aromatic nitrogens is 2. The van der Waals surface area contributed by atoms with Gasteiger partial charge in [-0.3, -0.25) is 14.5 Å². The minimum Gasteiger partial charge on any atom is -0.503 e. The van der Waals surface area contributed by atoms with E-state index in [1.807, 2.05) is 62.4 Å². The normalized spacial score (nSPS) is 16.4. The molecule has 0 bridgehead atoms. The van der Waals surface area contributed by atoms with Crippen molar-refractivity contribution >= 4 is 49.7 Å². The lowest BCUT2D eigenvalue weighted by atomic mass is 9.95. The van der Waals surface area contributed by atoms with Crippen molar-refractivity contribution in [1.29, 1.82) is 0 Å². The first-order valence-electron chi connectivity index (χ1n) is 10.0. The van der Waals surface area contributed by atoms with Crippen LogP contribution in [0.1, 0.15) is 37.5 Å². The maximum atomic E-state index is 13.6. The van der Waals surface area contributed by atoms with Gasteiger partial charge in [-0.1, -0.05) is 47.7 Å². The molecule has 0 saturated heterocycles. The molecule has 1 N–H and O–H groups in total. The minimum absolute atomic E-state index is 0.0587. The number of fused-ring (bicyclic) bond motifs is 1. The van der Waals surface area contributed by atoms with E-state index in [0.29, 0.717) is 15.7 Å². The average molecular weight is 462 g/mol. The minimum atomic E-state index is -0.778. The Bertz CT molecular complexity index is 1420. The first kappa shape index (κ1) is 20.5. The highest BCUT2D eigenvalue weighted by Gasteiger charge is 2.46. The van der Waals surface area contributed by atoms with E-state index < -0.39 is 17.7 Å². The maximum Gasteiger partial charge on any atom is 0.296 e. The fourth-order valence-electron chi connectivity index (χ4n) is 3.97. The molecule has 3 heterocycles. The molecule has 2 aromatic carbocycles. The molecular formula is C24H19N3O3S2. The van der Waals surface area contributed by atoms with Crippen LogP contribution in [0, 0.1) is 20.8 Å². The number of aliphatic hydroxyl groups excluding tert-OH is 1. The summed E-state index contributed by atoms with van der Waals surface area (Å²) in [5, 5.41) is 12.1. The third-order valence-electron chi connectivity index (χ3n) is 5.42. The number of anilines is 1. The molecule has 0 fully saturated rings. The van der Waals surface area contributed by atoms with Gasteiger partial charge in [0, 0.05) is 0 Å². The van der Waals surface area contributed by atoms with Gasteiger partial charge in [0.25, 0.3) is 5.91 Å². The van der Waals surface area contributed by atoms with E-state index in [4.69, 9.17) is 0 Å². The van der Waals surface area contributed by atoms with Crippen LogP contribution >= 0.6 is 22.7 Å². The Balaban J connectivity index is 1.68. The molecule has 0 spiro atoms. The van der Waals surface area contributed by atoms with E-state index in [9.17, 15) is 14.7 Å². The van der Waals surface area contributed by atoms with Gasteiger partial charge in [0.15, 0.2) is 10.9 Å². The van der Waals surface area contributed by atoms with E-state index in [-0.39, 0.29) is 11.4 Å². The van der Waals surface area contributed by atoms with Gasteiger partial charge in [0.2, 0.25) is 5.78 Å². The second-order valence-corrected chi connectivity index (χ2v) is 9.91. The van der Waals surface area contributed by atoms with Crippen molar-refractivity contribution in [3.8, 4) is 0 Å². The van der Waals surface area contributed by atoms with E-state index in [2.05, 4.69) is 9.97 Å². The van der Waals surface area contributed by atoms with Crippen LogP contribution in [0.15, 0.2) is 59.9 Å². The van der Waals surface area contributed by atoms with Crippen molar-refractivity contribution in [3.63, 3.8) is 0 Å². The fraction of sp³-hybridized carbons (Fsp3) is 0.167. The number of Topliss-reactive ketones (excluding diaryl/α,β-unsaturated/α-hetero) is 1. The number of ketones is 1. The summed E-state index contributed by atoms with van der Waals surface area (Å²) >= 11 is 2.63. The number of aliphatic hydroxyl groups is 1. The lowest BCUT2D eigenvalue weighted by Crippen LogP contribution is -2.30. The van der Waals surface area contributed by atoms with Crippen molar-refractivity contribution in [2.45, 2.75) is 26.8 Å². The van der Waals surface area contributed by atoms with Crippen LogP contribution in [0.4, 0.5) is 5.13 Å². The Morgan fingerprint density at radius 1 is 1.03 bits per heavy atom. The number of carbonyl (C=O) groups is 2. The van der Waals surface area contributed by atoms with Crippen LogP contribution in [0.25, 0.3) is 10.2 Å². The first-order chi connectivity index (χ1) is 15.3. The fourth-order valence-corrected chi connectivity index (χ4v) is 5.94. The molecule has 0 saturated carbocycles. The number of nitrogens with zero attached hydrogens (tertiary/aromatic N) is 3. The number of benzene rings is 2. The summed E-state index contributed by atoms with van der Waals surface area (Å²) in [6.07, 6.45) is 0. The van der Waals surface area contributed by atoms with Crippen LogP contribution < -0.4 is 4.90 Å². The number of rotatable bonds is 4. The number of amides is 1. The van der Waals surface area contributed by atoms with Crippen LogP contribution in [0.5, 0.6) is 0 Å². The summed E-state index contributed by atoms with van der Waals surface area (Å²) in [4.78, 5) is 37.7. The predicted molar refractivity (Wildman–Crippen MR) is 127 cm³/mol. The molecule has 32 heavy (non-hydrogen) atoms. The summed E-state index contributed by atoms with van der Waals surface area (Å²) in [5.74, 6) is -1.55. The molecule has 1 unspecified atom stereocenters. The van der Waals surface area contributed by atoms with Crippen molar-refractivity contribution in [1.82, 2.24) is 9.97 Å². The zero-order valence-electron chi connectivity index (χ0n) is 17.6. The molecule has 1 atom stereocenters. The van der Waals surface area contributed by atoms with Crippen LogP contribution in [-0.4, -0.2) is 26.8 Å². The number of thiazole rings is 2. The van der Waals surface area contributed by atoms with E-state index >= 15 is 0 Å².